The third kappa shape index (κ3) is 6.19. The van der Waals surface area contributed by atoms with E-state index in [-0.39, 0.29) is 28.7 Å². The number of pyridine rings is 1. The number of hydrogen-bond donors (Lipinski definition) is 0. The maximum absolute atomic E-state index is 14.3. The molecule has 1 aromatic carbocycles. The molecule has 3 nitrogen and oxygen atoms in total. The Morgan fingerprint density at radius 3 is 2.44 bits per heavy atom. The number of hydrogen-bond acceptors (Lipinski definition) is 3. The number of rotatable bonds is 8. The highest BCUT2D eigenvalue weighted by Crippen LogP contribution is 2.52. The Morgan fingerprint density at radius 1 is 1.21 bits per heavy atom. The predicted molar refractivity (Wildman–Crippen MR) is 147 cm³/mol. The number of amides is 1. The SMILES string of the molecule is C=CCC1(C)CC(c2cncc(Cl)c2)C(c2ccc(Cl)cc2)N([C@@H](CC)CSC(C)(C)C)C1=O. The van der Waals surface area contributed by atoms with Gasteiger partial charge in [-0.2, -0.15) is 11.8 Å². The summed E-state index contributed by atoms with van der Waals surface area (Å²) in [5.74, 6) is 1.12. The molecule has 1 fully saturated rings. The number of halogens is 2. The number of carbonyl (C=O) groups is 1. The van der Waals surface area contributed by atoms with E-state index in [2.05, 4.69) is 63.2 Å². The Hall–Kier alpha value is -1.49. The van der Waals surface area contributed by atoms with Gasteiger partial charge in [-0.25, -0.2) is 0 Å². The van der Waals surface area contributed by atoms with Crippen molar-refractivity contribution in [2.45, 2.75) is 76.6 Å². The summed E-state index contributed by atoms with van der Waals surface area (Å²) in [5, 5.41) is 1.29. The van der Waals surface area contributed by atoms with Crippen LogP contribution in [0.3, 0.4) is 0 Å². The van der Waals surface area contributed by atoms with Gasteiger partial charge in [-0.05, 0) is 48.6 Å². The molecule has 3 rings (SSSR count). The lowest BCUT2D eigenvalue weighted by Gasteiger charge is -2.52. The molecule has 0 spiro atoms. The van der Waals surface area contributed by atoms with Crippen molar-refractivity contribution in [3.8, 4) is 0 Å². The Labute approximate surface area is 219 Å². The molecule has 2 heterocycles. The van der Waals surface area contributed by atoms with E-state index in [9.17, 15) is 4.79 Å². The van der Waals surface area contributed by atoms with Gasteiger partial charge in [0.25, 0.3) is 0 Å². The highest BCUT2D eigenvalue weighted by atomic mass is 35.5. The molecule has 3 unspecified atom stereocenters. The smallest absolute Gasteiger partial charge is 0.229 e. The number of aromatic nitrogens is 1. The number of allylic oxidation sites excluding steroid dienone is 1. The van der Waals surface area contributed by atoms with Gasteiger partial charge < -0.3 is 4.90 Å². The average molecular weight is 520 g/mol. The number of thioether (sulfide) groups is 1. The number of carbonyl (C=O) groups excluding carboxylic acids is 1. The number of piperidine rings is 1. The maximum Gasteiger partial charge on any atom is 0.229 e. The lowest BCUT2D eigenvalue weighted by molar-refractivity contribution is -0.153. The molecule has 6 heteroatoms. The molecule has 34 heavy (non-hydrogen) atoms. The van der Waals surface area contributed by atoms with Crippen molar-refractivity contribution in [3.63, 3.8) is 0 Å². The highest BCUT2D eigenvalue weighted by molar-refractivity contribution is 8.00. The minimum Gasteiger partial charge on any atom is -0.331 e. The number of benzene rings is 1. The van der Waals surface area contributed by atoms with E-state index in [1.54, 1.807) is 6.20 Å². The summed E-state index contributed by atoms with van der Waals surface area (Å²) in [6.45, 7) is 14.9. The lowest BCUT2D eigenvalue weighted by Crippen LogP contribution is -2.56. The fourth-order valence-electron chi connectivity index (χ4n) is 4.92. The zero-order valence-electron chi connectivity index (χ0n) is 20.9. The standard InChI is InChI=1S/C28H36Cl2N2OS/c1-7-13-28(6)15-24(20-14-22(30)17-31-16-20)25(19-9-11-21(29)12-10-19)32(26(28)33)23(8-2)18-34-27(3,4)5/h7,9-12,14,16-17,23-25H,1,8,13,15,18H2,2-6H3/t23-,24?,25?,28?/m0/s1. The van der Waals surface area contributed by atoms with Crippen molar-refractivity contribution < 1.29 is 4.79 Å². The second kappa shape index (κ2) is 11.1. The van der Waals surface area contributed by atoms with Crippen molar-refractivity contribution in [1.29, 1.82) is 0 Å². The van der Waals surface area contributed by atoms with Crippen LogP contribution in [0, 0.1) is 5.41 Å². The minimum atomic E-state index is -0.544. The van der Waals surface area contributed by atoms with Crippen LogP contribution in [-0.2, 0) is 4.79 Å². The Bertz CT molecular complexity index is 1000. The van der Waals surface area contributed by atoms with Crippen LogP contribution in [0.1, 0.15) is 77.0 Å². The number of likely N-dealkylation sites (tertiary alicyclic amines) is 1. The second-order valence-electron chi connectivity index (χ2n) is 10.5. The molecular formula is C28H36Cl2N2OS. The van der Waals surface area contributed by atoms with Gasteiger partial charge in [-0.3, -0.25) is 9.78 Å². The van der Waals surface area contributed by atoms with E-state index >= 15 is 0 Å². The molecule has 1 saturated heterocycles. The molecule has 184 valence electrons. The molecule has 0 bridgehead atoms. The summed E-state index contributed by atoms with van der Waals surface area (Å²) in [6.07, 6.45) is 7.63. The molecule has 0 aliphatic carbocycles. The van der Waals surface area contributed by atoms with Gasteiger partial charge in [0.15, 0.2) is 0 Å². The fraction of sp³-hybridized carbons (Fsp3) is 0.500. The highest BCUT2D eigenvalue weighted by Gasteiger charge is 2.51. The van der Waals surface area contributed by atoms with Crippen molar-refractivity contribution in [2.24, 2.45) is 5.41 Å². The van der Waals surface area contributed by atoms with Crippen LogP contribution < -0.4 is 0 Å². The van der Waals surface area contributed by atoms with E-state index < -0.39 is 5.41 Å². The number of nitrogens with zero attached hydrogens (tertiary/aromatic N) is 2. The van der Waals surface area contributed by atoms with Crippen LogP contribution in [-0.4, -0.2) is 32.3 Å². The molecule has 0 N–H and O–H groups in total. The van der Waals surface area contributed by atoms with Gasteiger partial charge in [0.1, 0.15) is 0 Å². The van der Waals surface area contributed by atoms with E-state index in [0.717, 1.165) is 23.3 Å². The summed E-state index contributed by atoms with van der Waals surface area (Å²) in [5.41, 5.74) is 1.60. The largest absolute Gasteiger partial charge is 0.331 e. The zero-order chi connectivity index (χ0) is 25.1. The molecular weight excluding hydrogens is 483 g/mol. The van der Waals surface area contributed by atoms with Gasteiger partial charge in [0.2, 0.25) is 5.91 Å². The zero-order valence-corrected chi connectivity index (χ0v) is 23.2. The summed E-state index contributed by atoms with van der Waals surface area (Å²) in [4.78, 5) is 20.8. The average Bonchev–Trinajstić information content (AvgIpc) is 2.77. The van der Waals surface area contributed by atoms with Crippen molar-refractivity contribution in [3.05, 3.63) is 76.6 Å². The molecule has 2 aromatic rings. The van der Waals surface area contributed by atoms with Gasteiger partial charge in [0, 0.05) is 39.9 Å². The first-order chi connectivity index (χ1) is 16.0. The third-order valence-electron chi connectivity index (χ3n) is 6.64. The molecule has 0 saturated carbocycles. The molecule has 4 atom stereocenters. The Kier molecular flexibility index (Phi) is 8.81. The fourth-order valence-corrected chi connectivity index (χ4v) is 6.32. The van der Waals surface area contributed by atoms with Crippen LogP contribution >= 0.6 is 35.0 Å². The van der Waals surface area contributed by atoms with E-state index in [1.165, 1.54) is 0 Å². The van der Waals surface area contributed by atoms with Crippen LogP contribution in [0.4, 0.5) is 0 Å². The molecule has 1 aromatic heterocycles. The van der Waals surface area contributed by atoms with Crippen molar-refractivity contribution in [1.82, 2.24) is 9.88 Å². The summed E-state index contributed by atoms with van der Waals surface area (Å²) < 4.78 is 0.114. The van der Waals surface area contributed by atoms with Crippen molar-refractivity contribution in [2.75, 3.05) is 5.75 Å². The van der Waals surface area contributed by atoms with Crippen LogP contribution in [0.2, 0.25) is 10.0 Å². The topological polar surface area (TPSA) is 33.2 Å². The summed E-state index contributed by atoms with van der Waals surface area (Å²) in [7, 11) is 0. The van der Waals surface area contributed by atoms with Crippen LogP contribution in [0.5, 0.6) is 0 Å². The van der Waals surface area contributed by atoms with Gasteiger partial charge in [-0.1, -0.05) is 76.0 Å². The second-order valence-corrected chi connectivity index (χ2v) is 13.2. The lowest BCUT2D eigenvalue weighted by atomic mass is 9.67. The van der Waals surface area contributed by atoms with Crippen LogP contribution in [0.25, 0.3) is 0 Å². The first-order valence-electron chi connectivity index (χ1n) is 11.9. The molecule has 1 aliphatic rings. The predicted octanol–water partition coefficient (Wildman–Crippen LogP) is 8.34. The first kappa shape index (κ1) is 27.1. The van der Waals surface area contributed by atoms with E-state index in [4.69, 9.17) is 23.2 Å². The van der Waals surface area contributed by atoms with Gasteiger partial charge in [0.05, 0.1) is 16.5 Å². The maximum atomic E-state index is 14.3. The summed E-state index contributed by atoms with van der Waals surface area (Å²) in [6, 6.07) is 9.89. The van der Waals surface area contributed by atoms with E-state index in [0.29, 0.717) is 22.9 Å². The van der Waals surface area contributed by atoms with Gasteiger partial charge >= 0.3 is 0 Å². The molecule has 1 amide bonds. The van der Waals surface area contributed by atoms with Gasteiger partial charge in [-0.15, -0.1) is 6.58 Å². The summed E-state index contributed by atoms with van der Waals surface area (Å²) >= 11 is 14.5. The third-order valence-corrected chi connectivity index (χ3v) is 8.51. The Balaban J connectivity index is 2.19. The molecule has 1 aliphatic heterocycles. The van der Waals surface area contributed by atoms with Crippen LogP contribution in [0.15, 0.2) is 55.4 Å². The first-order valence-corrected chi connectivity index (χ1v) is 13.7. The van der Waals surface area contributed by atoms with Crippen molar-refractivity contribution >= 4 is 40.9 Å². The minimum absolute atomic E-state index is 0.0451. The quantitative estimate of drug-likeness (QED) is 0.329. The van der Waals surface area contributed by atoms with E-state index in [1.807, 2.05) is 42.2 Å². The molecule has 0 radical (unpaired) electrons. The Morgan fingerprint density at radius 2 is 1.88 bits per heavy atom. The monoisotopic (exact) mass is 518 g/mol. The normalized spacial score (nSPS) is 24.2.